The first-order valence-corrected chi connectivity index (χ1v) is 7.05. The summed E-state index contributed by atoms with van der Waals surface area (Å²) in [7, 11) is 0. The molecule has 1 aromatic carbocycles. The number of fused-ring (bicyclic) bond motifs is 1. The molecule has 6 heteroatoms. The molecular formula is C14H13N3O2S. The van der Waals surface area contributed by atoms with Crippen LogP contribution in [0.5, 0.6) is 0 Å². The molecule has 20 heavy (non-hydrogen) atoms. The summed E-state index contributed by atoms with van der Waals surface area (Å²) in [5.41, 5.74) is 0. The van der Waals surface area contributed by atoms with Gasteiger partial charge >= 0.3 is 0 Å². The third-order valence-electron chi connectivity index (χ3n) is 2.91. The highest BCUT2D eigenvalue weighted by atomic mass is 32.1. The van der Waals surface area contributed by atoms with Gasteiger partial charge in [0.15, 0.2) is 5.82 Å². The molecule has 5 nitrogen and oxygen atoms in total. The van der Waals surface area contributed by atoms with Gasteiger partial charge in [-0.15, -0.1) is 11.3 Å². The highest BCUT2D eigenvalue weighted by molar-refractivity contribution is 7.20. The van der Waals surface area contributed by atoms with Gasteiger partial charge in [-0.2, -0.15) is 4.98 Å². The second kappa shape index (κ2) is 5.05. The van der Waals surface area contributed by atoms with Crippen LogP contribution >= 0.6 is 11.3 Å². The van der Waals surface area contributed by atoms with Crippen LogP contribution in [0, 0.1) is 6.92 Å². The number of carbonyl (C=O) groups excluding carboxylic acids is 1. The SMILES string of the molecule is Cc1noc(C(C)NC(=O)c2cc3ccccc3s2)n1. The number of amides is 1. The Balaban J connectivity index is 1.78. The van der Waals surface area contributed by atoms with E-state index in [1.54, 1.807) is 6.92 Å². The molecule has 0 bridgehead atoms. The number of nitrogens with zero attached hydrogens (tertiary/aromatic N) is 2. The lowest BCUT2D eigenvalue weighted by molar-refractivity contribution is 0.0936. The molecule has 1 unspecified atom stereocenters. The van der Waals surface area contributed by atoms with Gasteiger partial charge in [0.05, 0.1) is 4.88 Å². The van der Waals surface area contributed by atoms with Gasteiger partial charge in [0.1, 0.15) is 6.04 Å². The van der Waals surface area contributed by atoms with Crippen LogP contribution in [0.2, 0.25) is 0 Å². The van der Waals surface area contributed by atoms with Crippen molar-refractivity contribution in [2.24, 2.45) is 0 Å². The van der Waals surface area contributed by atoms with Crippen LogP contribution in [0.4, 0.5) is 0 Å². The van der Waals surface area contributed by atoms with E-state index in [0.717, 1.165) is 10.1 Å². The predicted molar refractivity (Wildman–Crippen MR) is 76.7 cm³/mol. The van der Waals surface area contributed by atoms with Crippen LogP contribution in [-0.2, 0) is 0 Å². The minimum atomic E-state index is -0.311. The van der Waals surface area contributed by atoms with E-state index < -0.39 is 0 Å². The van der Waals surface area contributed by atoms with Crippen LogP contribution in [-0.4, -0.2) is 16.0 Å². The van der Waals surface area contributed by atoms with Crippen LogP contribution < -0.4 is 5.32 Å². The van der Waals surface area contributed by atoms with Crippen LogP contribution in [0.15, 0.2) is 34.9 Å². The molecule has 0 radical (unpaired) electrons. The number of aromatic nitrogens is 2. The van der Waals surface area contributed by atoms with Gasteiger partial charge in [0.2, 0.25) is 5.89 Å². The number of rotatable bonds is 3. The molecule has 0 saturated heterocycles. The van der Waals surface area contributed by atoms with E-state index in [2.05, 4.69) is 15.5 Å². The molecule has 102 valence electrons. The first-order valence-electron chi connectivity index (χ1n) is 6.23. The fraction of sp³-hybridized carbons (Fsp3) is 0.214. The number of aryl methyl sites for hydroxylation is 1. The number of thiophene rings is 1. The Labute approximate surface area is 119 Å². The third-order valence-corrected chi connectivity index (χ3v) is 4.03. The average Bonchev–Trinajstić information content (AvgIpc) is 3.04. The monoisotopic (exact) mass is 287 g/mol. The van der Waals surface area contributed by atoms with Crippen molar-refractivity contribution in [2.75, 3.05) is 0 Å². The zero-order valence-electron chi connectivity index (χ0n) is 11.1. The second-order valence-corrected chi connectivity index (χ2v) is 5.61. The Hall–Kier alpha value is -2.21. The molecule has 0 spiro atoms. The van der Waals surface area contributed by atoms with E-state index in [-0.39, 0.29) is 11.9 Å². The summed E-state index contributed by atoms with van der Waals surface area (Å²) >= 11 is 1.47. The van der Waals surface area contributed by atoms with Gasteiger partial charge in [-0.3, -0.25) is 4.79 Å². The molecule has 2 heterocycles. The first kappa shape index (κ1) is 12.8. The van der Waals surface area contributed by atoms with Gasteiger partial charge in [-0.1, -0.05) is 23.4 Å². The molecule has 0 aliphatic heterocycles. The van der Waals surface area contributed by atoms with Gasteiger partial charge in [-0.05, 0) is 31.4 Å². The van der Waals surface area contributed by atoms with Crippen LogP contribution in [0.25, 0.3) is 10.1 Å². The van der Waals surface area contributed by atoms with Crippen molar-refractivity contribution in [2.45, 2.75) is 19.9 Å². The maximum Gasteiger partial charge on any atom is 0.262 e. The van der Waals surface area contributed by atoms with E-state index >= 15 is 0 Å². The van der Waals surface area contributed by atoms with Crippen LogP contribution in [0.1, 0.15) is 34.4 Å². The topological polar surface area (TPSA) is 68.0 Å². The van der Waals surface area contributed by atoms with Gasteiger partial charge in [-0.25, -0.2) is 0 Å². The lowest BCUT2D eigenvalue weighted by Crippen LogP contribution is -2.26. The normalized spacial score (nSPS) is 12.5. The van der Waals surface area contributed by atoms with Crippen molar-refractivity contribution in [1.29, 1.82) is 0 Å². The average molecular weight is 287 g/mol. The minimum absolute atomic E-state index is 0.130. The number of benzene rings is 1. The Bertz CT molecular complexity index is 729. The number of carbonyl (C=O) groups is 1. The molecule has 0 saturated carbocycles. The second-order valence-electron chi connectivity index (χ2n) is 4.52. The highest BCUT2D eigenvalue weighted by Crippen LogP contribution is 2.25. The molecule has 1 N–H and O–H groups in total. The van der Waals surface area contributed by atoms with E-state index in [0.29, 0.717) is 16.6 Å². The lowest BCUT2D eigenvalue weighted by Gasteiger charge is -2.07. The van der Waals surface area contributed by atoms with Crippen LogP contribution in [0.3, 0.4) is 0 Å². The summed E-state index contributed by atoms with van der Waals surface area (Å²) in [5.74, 6) is 0.842. The number of nitrogens with one attached hydrogen (secondary N) is 1. The molecule has 3 aromatic rings. The quantitative estimate of drug-likeness (QED) is 0.803. The molecule has 1 amide bonds. The van der Waals surface area contributed by atoms with Crippen molar-refractivity contribution >= 4 is 27.3 Å². The van der Waals surface area contributed by atoms with Gasteiger partial charge in [0.25, 0.3) is 5.91 Å². The van der Waals surface area contributed by atoms with E-state index in [4.69, 9.17) is 4.52 Å². The maximum absolute atomic E-state index is 12.2. The summed E-state index contributed by atoms with van der Waals surface area (Å²) in [6, 6.07) is 9.50. The van der Waals surface area contributed by atoms with Gasteiger partial charge < -0.3 is 9.84 Å². The summed E-state index contributed by atoms with van der Waals surface area (Å²) in [5, 5.41) is 7.65. The maximum atomic E-state index is 12.2. The number of hydrogen-bond donors (Lipinski definition) is 1. The molecule has 3 rings (SSSR count). The number of hydrogen-bond acceptors (Lipinski definition) is 5. The molecular weight excluding hydrogens is 274 g/mol. The Morgan fingerprint density at radius 1 is 1.40 bits per heavy atom. The van der Waals surface area contributed by atoms with E-state index in [1.807, 2.05) is 37.3 Å². The van der Waals surface area contributed by atoms with Crippen molar-refractivity contribution in [3.8, 4) is 0 Å². The van der Waals surface area contributed by atoms with Crippen molar-refractivity contribution in [3.05, 3.63) is 46.9 Å². The summed E-state index contributed by atoms with van der Waals surface area (Å²) in [4.78, 5) is 17.0. The van der Waals surface area contributed by atoms with E-state index in [1.165, 1.54) is 11.3 Å². The first-order chi connectivity index (χ1) is 9.63. The largest absolute Gasteiger partial charge is 0.340 e. The van der Waals surface area contributed by atoms with Crippen molar-refractivity contribution in [3.63, 3.8) is 0 Å². The Morgan fingerprint density at radius 2 is 2.20 bits per heavy atom. The lowest BCUT2D eigenvalue weighted by atomic mass is 10.2. The summed E-state index contributed by atoms with van der Waals surface area (Å²) in [6.07, 6.45) is 0. The zero-order valence-corrected chi connectivity index (χ0v) is 11.9. The third kappa shape index (κ3) is 2.42. The predicted octanol–water partition coefficient (Wildman–Crippen LogP) is 3.08. The molecule has 2 aromatic heterocycles. The van der Waals surface area contributed by atoms with E-state index in [9.17, 15) is 4.79 Å². The smallest absolute Gasteiger partial charge is 0.262 e. The zero-order chi connectivity index (χ0) is 14.1. The fourth-order valence-corrected chi connectivity index (χ4v) is 2.88. The molecule has 1 atom stereocenters. The summed E-state index contributed by atoms with van der Waals surface area (Å²) < 4.78 is 6.15. The fourth-order valence-electron chi connectivity index (χ4n) is 1.91. The van der Waals surface area contributed by atoms with Crippen molar-refractivity contribution in [1.82, 2.24) is 15.5 Å². The minimum Gasteiger partial charge on any atom is -0.340 e. The Kier molecular flexibility index (Phi) is 3.23. The standard InChI is InChI=1S/C14H13N3O2S/c1-8(14-16-9(2)17-19-14)15-13(18)12-7-10-5-3-4-6-11(10)20-12/h3-8H,1-2H3,(H,15,18). The molecule has 0 aliphatic rings. The Morgan fingerprint density at radius 3 is 2.90 bits per heavy atom. The summed E-state index contributed by atoms with van der Waals surface area (Å²) in [6.45, 7) is 3.56. The van der Waals surface area contributed by atoms with Crippen molar-refractivity contribution < 1.29 is 9.32 Å². The highest BCUT2D eigenvalue weighted by Gasteiger charge is 2.17. The van der Waals surface area contributed by atoms with Gasteiger partial charge in [0, 0.05) is 4.70 Å². The molecule has 0 aliphatic carbocycles. The molecule has 0 fully saturated rings.